The summed E-state index contributed by atoms with van der Waals surface area (Å²) >= 11 is 0. The van der Waals surface area contributed by atoms with Crippen LogP contribution in [0, 0.1) is 11.8 Å². The summed E-state index contributed by atoms with van der Waals surface area (Å²) in [7, 11) is 0. The molecule has 1 aliphatic heterocycles. The lowest BCUT2D eigenvalue weighted by Gasteiger charge is -2.41. The van der Waals surface area contributed by atoms with Crippen molar-refractivity contribution in [3.8, 4) is 11.5 Å². The molecule has 0 aromatic heterocycles. The van der Waals surface area contributed by atoms with Gasteiger partial charge in [0.15, 0.2) is 0 Å². The van der Waals surface area contributed by atoms with Crippen molar-refractivity contribution >= 4 is 5.97 Å². The number of phenols is 2. The summed E-state index contributed by atoms with van der Waals surface area (Å²) in [4.78, 5) is 12.9. The van der Waals surface area contributed by atoms with E-state index in [1.165, 1.54) is 12.1 Å². The molecule has 1 atom stereocenters. The predicted molar refractivity (Wildman–Crippen MR) is 65.3 cm³/mol. The van der Waals surface area contributed by atoms with Crippen molar-refractivity contribution in [1.82, 2.24) is 4.90 Å². The molecule has 1 fully saturated rings. The fourth-order valence-electron chi connectivity index (χ4n) is 2.18. The van der Waals surface area contributed by atoms with Gasteiger partial charge in [-0.3, -0.25) is 9.69 Å². The average Bonchev–Trinajstić information content (AvgIpc) is 2.24. The van der Waals surface area contributed by atoms with Gasteiger partial charge in [-0.1, -0.05) is 13.0 Å². The molecular weight excluding hydrogens is 234 g/mol. The lowest BCUT2D eigenvalue weighted by molar-refractivity contribution is -0.145. The van der Waals surface area contributed by atoms with Crippen molar-refractivity contribution in [3.05, 3.63) is 23.8 Å². The van der Waals surface area contributed by atoms with E-state index in [1.807, 2.05) is 0 Å². The van der Waals surface area contributed by atoms with Gasteiger partial charge in [0.1, 0.15) is 11.5 Å². The SMILES string of the molecule is CC(C(=O)O)C1CN(Cc2ccc(O)cc2O)C1. The fourth-order valence-corrected chi connectivity index (χ4v) is 2.18. The zero-order valence-corrected chi connectivity index (χ0v) is 10.2. The number of carbonyl (C=O) groups is 1. The van der Waals surface area contributed by atoms with Crippen molar-refractivity contribution in [1.29, 1.82) is 0 Å². The van der Waals surface area contributed by atoms with E-state index in [4.69, 9.17) is 5.11 Å². The average molecular weight is 251 g/mol. The van der Waals surface area contributed by atoms with E-state index >= 15 is 0 Å². The highest BCUT2D eigenvalue weighted by Crippen LogP contribution is 2.29. The number of aliphatic carboxylic acids is 1. The summed E-state index contributed by atoms with van der Waals surface area (Å²) in [5.74, 6) is -0.787. The van der Waals surface area contributed by atoms with Gasteiger partial charge < -0.3 is 15.3 Å². The first-order chi connectivity index (χ1) is 8.47. The molecule has 3 N–H and O–H groups in total. The van der Waals surface area contributed by atoms with Crippen molar-refractivity contribution in [3.63, 3.8) is 0 Å². The predicted octanol–water partition coefficient (Wildman–Crippen LogP) is 1.25. The number of hydrogen-bond donors (Lipinski definition) is 3. The molecule has 0 saturated carbocycles. The third kappa shape index (κ3) is 2.56. The molecule has 5 heteroatoms. The lowest BCUT2D eigenvalue weighted by Crippen LogP contribution is -2.50. The van der Waals surface area contributed by atoms with E-state index in [0.717, 1.165) is 18.7 Å². The van der Waals surface area contributed by atoms with Crippen LogP contribution >= 0.6 is 0 Å². The zero-order valence-electron chi connectivity index (χ0n) is 10.2. The highest BCUT2D eigenvalue weighted by molar-refractivity contribution is 5.70. The summed E-state index contributed by atoms with van der Waals surface area (Å²) in [6, 6.07) is 4.53. The minimum Gasteiger partial charge on any atom is -0.508 e. The Balaban J connectivity index is 1.88. The number of carboxylic acid groups (broad SMARTS) is 1. The van der Waals surface area contributed by atoms with Gasteiger partial charge in [0.05, 0.1) is 5.92 Å². The Morgan fingerprint density at radius 2 is 2.11 bits per heavy atom. The second-order valence-electron chi connectivity index (χ2n) is 4.89. The number of hydrogen-bond acceptors (Lipinski definition) is 4. The molecule has 0 radical (unpaired) electrons. The molecule has 5 nitrogen and oxygen atoms in total. The van der Waals surface area contributed by atoms with E-state index in [2.05, 4.69) is 4.90 Å². The second-order valence-corrected chi connectivity index (χ2v) is 4.89. The summed E-state index contributed by atoms with van der Waals surface area (Å²) < 4.78 is 0. The summed E-state index contributed by atoms with van der Waals surface area (Å²) in [5, 5.41) is 27.7. The molecular formula is C13H17NO4. The first-order valence-electron chi connectivity index (χ1n) is 5.93. The van der Waals surface area contributed by atoms with Crippen LogP contribution in [0.15, 0.2) is 18.2 Å². The van der Waals surface area contributed by atoms with Gasteiger partial charge >= 0.3 is 5.97 Å². The highest BCUT2D eigenvalue weighted by atomic mass is 16.4. The maximum absolute atomic E-state index is 10.8. The maximum atomic E-state index is 10.8. The molecule has 0 spiro atoms. The molecule has 2 rings (SSSR count). The number of likely N-dealkylation sites (tertiary alicyclic amines) is 1. The van der Waals surface area contributed by atoms with Gasteiger partial charge in [-0.2, -0.15) is 0 Å². The van der Waals surface area contributed by atoms with Crippen LogP contribution in [0.2, 0.25) is 0 Å². The van der Waals surface area contributed by atoms with Gasteiger partial charge in [0.2, 0.25) is 0 Å². The minimum absolute atomic E-state index is 0.0391. The van der Waals surface area contributed by atoms with E-state index in [0.29, 0.717) is 6.54 Å². The molecule has 1 aromatic rings. The summed E-state index contributed by atoms with van der Waals surface area (Å²) in [6.45, 7) is 3.76. The van der Waals surface area contributed by atoms with E-state index in [-0.39, 0.29) is 23.3 Å². The zero-order chi connectivity index (χ0) is 13.3. The maximum Gasteiger partial charge on any atom is 0.306 e. The summed E-state index contributed by atoms with van der Waals surface area (Å²) in [5.41, 5.74) is 0.745. The number of rotatable bonds is 4. The molecule has 98 valence electrons. The van der Waals surface area contributed by atoms with Crippen molar-refractivity contribution in [2.24, 2.45) is 11.8 Å². The highest BCUT2D eigenvalue weighted by Gasteiger charge is 2.34. The van der Waals surface area contributed by atoms with Crippen LogP contribution in [0.3, 0.4) is 0 Å². The molecule has 1 aromatic carbocycles. The van der Waals surface area contributed by atoms with Crippen LogP contribution in [0.4, 0.5) is 0 Å². The van der Waals surface area contributed by atoms with E-state index < -0.39 is 5.97 Å². The lowest BCUT2D eigenvalue weighted by atomic mass is 9.87. The number of carboxylic acids is 1. The van der Waals surface area contributed by atoms with Crippen molar-refractivity contribution in [2.75, 3.05) is 13.1 Å². The van der Waals surface area contributed by atoms with Crippen LogP contribution in [0.25, 0.3) is 0 Å². The molecule has 0 amide bonds. The topological polar surface area (TPSA) is 81.0 Å². The first-order valence-corrected chi connectivity index (χ1v) is 5.93. The van der Waals surface area contributed by atoms with Gasteiger partial charge in [-0.15, -0.1) is 0 Å². The van der Waals surface area contributed by atoms with E-state index in [1.54, 1.807) is 13.0 Å². The van der Waals surface area contributed by atoms with Gasteiger partial charge in [-0.05, 0) is 12.0 Å². The van der Waals surface area contributed by atoms with Gasteiger partial charge in [-0.25, -0.2) is 0 Å². The summed E-state index contributed by atoms with van der Waals surface area (Å²) in [6.07, 6.45) is 0. The van der Waals surface area contributed by atoms with Crippen LogP contribution < -0.4 is 0 Å². The van der Waals surface area contributed by atoms with E-state index in [9.17, 15) is 15.0 Å². The number of phenolic OH excluding ortho intramolecular Hbond substituents is 2. The number of benzene rings is 1. The Morgan fingerprint density at radius 3 is 2.67 bits per heavy atom. The quantitative estimate of drug-likeness (QED) is 0.750. The van der Waals surface area contributed by atoms with Crippen LogP contribution in [-0.2, 0) is 11.3 Å². The number of nitrogens with zero attached hydrogens (tertiary/aromatic N) is 1. The Morgan fingerprint density at radius 1 is 1.44 bits per heavy atom. The molecule has 1 saturated heterocycles. The fraction of sp³-hybridized carbons (Fsp3) is 0.462. The molecule has 0 bridgehead atoms. The van der Waals surface area contributed by atoms with Crippen LogP contribution in [-0.4, -0.2) is 39.3 Å². The monoisotopic (exact) mass is 251 g/mol. The number of aromatic hydroxyl groups is 2. The molecule has 18 heavy (non-hydrogen) atoms. The Bertz CT molecular complexity index is 454. The second kappa shape index (κ2) is 4.86. The largest absolute Gasteiger partial charge is 0.508 e. The van der Waals surface area contributed by atoms with Crippen LogP contribution in [0.1, 0.15) is 12.5 Å². The Labute approximate surface area is 105 Å². The van der Waals surface area contributed by atoms with Gasteiger partial charge in [0.25, 0.3) is 0 Å². The molecule has 0 aliphatic carbocycles. The first kappa shape index (κ1) is 12.7. The minimum atomic E-state index is -0.757. The smallest absolute Gasteiger partial charge is 0.306 e. The Hall–Kier alpha value is -1.75. The molecule has 1 unspecified atom stereocenters. The molecule has 1 heterocycles. The standard InChI is InChI=1S/C13H17NO4/c1-8(13(17)18)10-6-14(7-10)5-9-2-3-11(15)4-12(9)16/h2-4,8,10,15-16H,5-7H2,1H3,(H,17,18). The third-order valence-corrected chi connectivity index (χ3v) is 3.54. The Kier molecular flexibility index (Phi) is 3.43. The normalized spacial score (nSPS) is 18.3. The molecule has 1 aliphatic rings. The van der Waals surface area contributed by atoms with Crippen LogP contribution in [0.5, 0.6) is 11.5 Å². The van der Waals surface area contributed by atoms with Crippen molar-refractivity contribution in [2.45, 2.75) is 13.5 Å². The van der Waals surface area contributed by atoms with Gasteiger partial charge in [0, 0.05) is 31.3 Å². The third-order valence-electron chi connectivity index (χ3n) is 3.54. The van der Waals surface area contributed by atoms with Crippen molar-refractivity contribution < 1.29 is 20.1 Å².